The lowest BCUT2D eigenvalue weighted by Crippen LogP contribution is -2.53. The van der Waals surface area contributed by atoms with Gasteiger partial charge in [-0.15, -0.1) is 0 Å². The molecule has 3 heterocycles. The van der Waals surface area contributed by atoms with Crippen LogP contribution in [0.5, 0.6) is 6.01 Å². The van der Waals surface area contributed by atoms with Crippen molar-refractivity contribution in [3.05, 3.63) is 51.2 Å². The van der Waals surface area contributed by atoms with Crippen LogP contribution < -0.4 is 4.74 Å². The van der Waals surface area contributed by atoms with Gasteiger partial charge in [0.25, 0.3) is 0 Å². The maximum Gasteiger partial charge on any atom is 0.320 e. The van der Waals surface area contributed by atoms with Gasteiger partial charge >= 0.3 is 12.0 Å². The molecular weight excluding hydrogens is 537 g/mol. The number of sulfonamides is 1. The second kappa shape index (κ2) is 10.6. The maximum absolute atomic E-state index is 13.4. The number of halogens is 3. The Labute approximate surface area is 220 Å². The fraction of sp³-hybridized carbons (Fsp3) is 0.500. The van der Waals surface area contributed by atoms with E-state index in [4.69, 9.17) is 39.5 Å². The number of likely N-dealkylation sites (tertiary alicyclic amines) is 1. The quantitative estimate of drug-likeness (QED) is 0.552. The number of urea groups is 1. The van der Waals surface area contributed by atoms with Crippen molar-refractivity contribution in [2.24, 2.45) is 5.92 Å². The normalized spacial score (nSPS) is 22.3. The maximum atomic E-state index is 13.4. The van der Waals surface area contributed by atoms with Crippen molar-refractivity contribution in [2.45, 2.75) is 18.9 Å². The third-order valence-corrected chi connectivity index (χ3v) is 8.71. The number of hydrogen-bond acceptors (Lipinski definition) is 6. The highest BCUT2D eigenvalue weighted by Crippen LogP contribution is 2.38. The first-order chi connectivity index (χ1) is 16.5. The summed E-state index contributed by atoms with van der Waals surface area (Å²) in [7, 11) is -3.28. The third kappa shape index (κ3) is 6.11. The molecule has 1 aromatic carbocycles. The summed E-state index contributed by atoms with van der Waals surface area (Å²) in [6.07, 6.45) is 3.79. The molecule has 0 N–H and O–H groups in total. The van der Waals surface area contributed by atoms with E-state index in [0.717, 1.165) is 5.56 Å². The van der Waals surface area contributed by atoms with Crippen molar-refractivity contribution in [3.8, 4) is 6.01 Å². The minimum absolute atomic E-state index is 0.0617. The number of benzene rings is 1. The first-order valence-electron chi connectivity index (χ1n) is 11.1. The average Bonchev–Trinajstić information content (AvgIpc) is 3.27. The zero-order valence-electron chi connectivity index (χ0n) is 19.3. The molecule has 9 nitrogen and oxygen atoms in total. The van der Waals surface area contributed by atoms with Crippen molar-refractivity contribution >= 4 is 50.9 Å². The van der Waals surface area contributed by atoms with Crippen LogP contribution in [0.25, 0.3) is 0 Å². The Bertz CT molecular complexity index is 1180. The fourth-order valence-corrected chi connectivity index (χ4v) is 5.81. The summed E-state index contributed by atoms with van der Waals surface area (Å²) in [4.78, 5) is 25.1. The molecule has 13 heteroatoms. The summed E-state index contributed by atoms with van der Waals surface area (Å²) in [5.41, 5.74) is 0.953. The molecule has 0 aliphatic carbocycles. The lowest BCUT2D eigenvalue weighted by Gasteiger charge is -2.35. The van der Waals surface area contributed by atoms with Crippen LogP contribution >= 0.6 is 34.8 Å². The number of ether oxygens (including phenoxy) is 1. The first kappa shape index (κ1) is 26.2. The zero-order chi connectivity index (χ0) is 25.3. The summed E-state index contributed by atoms with van der Waals surface area (Å²) in [5, 5.41) is 1.31. The monoisotopic (exact) mass is 561 g/mol. The average molecular weight is 563 g/mol. The molecule has 190 valence electrons. The SMILES string of the molecule is CC(Oc1ncc(Cl)cn1)C1CN(C(=O)N2CCN(S(C)(=O)=O)CC2)CC1c1ccc(Cl)c(Cl)c1. The van der Waals surface area contributed by atoms with E-state index in [1.807, 2.05) is 19.1 Å². The van der Waals surface area contributed by atoms with Crippen LogP contribution in [0.2, 0.25) is 15.1 Å². The molecule has 2 fully saturated rings. The van der Waals surface area contributed by atoms with E-state index in [1.165, 1.54) is 23.0 Å². The van der Waals surface area contributed by atoms with Gasteiger partial charge < -0.3 is 14.5 Å². The van der Waals surface area contributed by atoms with Crippen LogP contribution in [0, 0.1) is 5.92 Å². The molecule has 3 atom stereocenters. The van der Waals surface area contributed by atoms with E-state index < -0.39 is 10.0 Å². The predicted molar refractivity (Wildman–Crippen MR) is 135 cm³/mol. The van der Waals surface area contributed by atoms with E-state index in [1.54, 1.807) is 15.9 Å². The second-order valence-electron chi connectivity index (χ2n) is 8.79. The molecule has 1 aromatic heterocycles. The Morgan fingerprint density at radius 3 is 2.29 bits per heavy atom. The molecule has 0 radical (unpaired) electrons. The highest BCUT2D eigenvalue weighted by molar-refractivity contribution is 7.88. The Kier molecular flexibility index (Phi) is 7.97. The molecule has 3 unspecified atom stereocenters. The van der Waals surface area contributed by atoms with Crippen molar-refractivity contribution in [1.82, 2.24) is 24.1 Å². The molecule has 4 rings (SSSR count). The fourth-order valence-electron chi connectivity index (χ4n) is 4.58. The van der Waals surface area contributed by atoms with E-state index in [-0.39, 0.29) is 43.1 Å². The summed E-state index contributed by atoms with van der Waals surface area (Å²) < 4.78 is 31.0. The van der Waals surface area contributed by atoms with E-state index in [2.05, 4.69) is 9.97 Å². The zero-order valence-corrected chi connectivity index (χ0v) is 22.4. The van der Waals surface area contributed by atoms with Crippen molar-refractivity contribution < 1.29 is 17.9 Å². The smallest absolute Gasteiger partial charge is 0.320 e. The number of nitrogens with zero attached hydrogens (tertiary/aromatic N) is 5. The van der Waals surface area contributed by atoms with Crippen molar-refractivity contribution in [2.75, 3.05) is 45.5 Å². The van der Waals surface area contributed by atoms with E-state index in [0.29, 0.717) is 41.2 Å². The number of amides is 2. The third-order valence-electron chi connectivity index (χ3n) is 6.48. The lowest BCUT2D eigenvalue weighted by atomic mass is 9.86. The van der Waals surface area contributed by atoms with Gasteiger partial charge in [0.2, 0.25) is 10.0 Å². The number of carbonyl (C=O) groups is 1. The van der Waals surface area contributed by atoms with Gasteiger partial charge in [-0.1, -0.05) is 40.9 Å². The minimum Gasteiger partial charge on any atom is -0.460 e. The molecule has 2 aliphatic heterocycles. The Morgan fingerprint density at radius 1 is 1.03 bits per heavy atom. The van der Waals surface area contributed by atoms with Gasteiger partial charge in [0.15, 0.2) is 0 Å². The summed E-state index contributed by atoms with van der Waals surface area (Å²) in [6, 6.07) is 5.57. The Balaban J connectivity index is 1.52. The number of hydrogen-bond donors (Lipinski definition) is 0. The second-order valence-corrected chi connectivity index (χ2v) is 12.0. The molecule has 2 aromatic rings. The predicted octanol–water partition coefficient (Wildman–Crippen LogP) is 3.62. The standard InChI is InChI=1S/C22H26Cl3N5O4S/c1-14(34-21-26-10-16(23)11-27-21)17-12-29(13-18(17)15-3-4-19(24)20(25)9-15)22(31)28-5-7-30(8-6-28)35(2,32)33/h3-4,9-11,14,17-18H,5-8,12-13H2,1-2H3. The molecule has 35 heavy (non-hydrogen) atoms. The van der Waals surface area contributed by atoms with Crippen molar-refractivity contribution in [1.29, 1.82) is 0 Å². The molecule has 2 amide bonds. The topological polar surface area (TPSA) is 95.9 Å². The van der Waals surface area contributed by atoms with Crippen LogP contribution in [-0.2, 0) is 10.0 Å². The molecule has 2 saturated heterocycles. The van der Waals surface area contributed by atoms with Crippen LogP contribution in [0.15, 0.2) is 30.6 Å². The number of aromatic nitrogens is 2. The summed E-state index contributed by atoms with van der Waals surface area (Å²) in [6.45, 7) is 4.08. The molecule has 0 saturated carbocycles. The highest BCUT2D eigenvalue weighted by Gasteiger charge is 2.42. The van der Waals surface area contributed by atoms with Crippen LogP contribution in [0.1, 0.15) is 18.4 Å². The highest BCUT2D eigenvalue weighted by atomic mass is 35.5. The largest absolute Gasteiger partial charge is 0.460 e. The Hall–Kier alpha value is -1.85. The number of rotatable bonds is 5. The summed E-state index contributed by atoms with van der Waals surface area (Å²) >= 11 is 18.3. The van der Waals surface area contributed by atoms with E-state index in [9.17, 15) is 13.2 Å². The van der Waals surface area contributed by atoms with Gasteiger partial charge in [0, 0.05) is 51.1 Å². The van der Waals surface area contributed by atoms with Crippen LogP contribution in [-0.4, -0.2) is 90.2 Å². The molecule has 0 bridgehead atoms. The summed E-state index contributed by atoms with van der Waals surface area (Å²) in [5.74, 6) is -0.138. The molecule has 2 aliphatic rings. The lowest BCUT2D eigenvalue weighted by molar-refractivity contribution is 0.123. The van der Waals surface area contributed by atoms with E-state index >= 15 is 0 Å². The van der Waals surface area contributed by atoms with Crippen LogP contribution in [0.4, 0.5) is 4.79 Å². The first-order valence-corrected chi connectivity index (χ1v) is 14.1. The Morgan fingerprint density at radius 2 is 1.69 bits per heavy atom. The van der Waals surface area contributed by atoms with Gasteiger partial charge in [-0.25, -0.2) is 23.2 Å². The molecular formula is C22H26Cl3N5O4S. The van der Waals surface area contributed by atoms with Gasteiger partial charge in [-0.3, -0.25) is 0 Å². The number of carbonyl (C=O) groups excluding carboxylic acids is 1. The number of piperazine rings is 1. The van der Waals surface area contributed by atoms with Gasteiger partial charge in [-0.2, -0.15) is 4.31 Å². The van der Waals surface area contributed by atoms with Gasteiger partial charge in [0.1, 0.15) is 6.10 Å². The minimum atomic E-state index is -3.28. The van der Waals surface area contributed by atoms with Crippen LogP contribution in [0.3, 0.4) is 0 Å². The van der Waals surface area contributed by atoms with Crippen molar-refractivity contribution in [3.63, 3.8) is 0 Å². The van der Waals surface area contributed by atoms with Gasteiger partial charge in [-0.05, 0) is 24.6 Å². The molecule has 0 spiro atoms. The van der Waals surface area contributed by atoms with Gasteiger partial charge in [0.05, 0.1) is 33.7 Å².